The van der Waals surface area contributed by atoms with Crippen LogP contribution in [-0.2, 0) is 16.4 Å². The molecule has 0 saturated carbocycles. The van der Waals surface area contributed by atoms with Gasteiger partial charge in [-0.25, -0.2) is 17.5 Å². The molecule has 0 aromatic heterocycles. The zero-order chi connectivity index (χ0) is 19.3. The van der Waals surface area contributed by atoms with Crippen molar-refractivity contribution in [3.8, 4) is 17.2 Å². The van der Waals surface area contributed by atoms with Gasteiger partial charge < -0.3 is 9.84 Å². The predicted molar refractivity (Wildman–Crippen MR) is 99.9 cm³/mol. The molecule has 27 heavy (non-hydrogen) atoms. The van der Waals surface area contributed by atoms with Crippen molar-refractivity contribution in [2.45, 2.75) is 11.3 Å². The standard InChI is InChI=1S/C20H18FNO4S/c21-16-5-7-17(8-6-16)26-18-9-11-19(12-10-18)27(24,25)22-14-13-15-3-1-2-4-20(15)23/h1-12,22-23H,13-14H2. The van der Waals surface area contributed by atoms with Gasteiger partial charge in [0.15, 0.2) is 0 Å². The second-order valence-electron chi connectivity index (χ2n) is 5.80. The second-order valence-corrected chi connectivity index (χ2v) is 7.57. The number of sulfonamides is 1. The third-order valence-corrected chi connectivity index (χ3v) is 5.34. The molecule has 5 nitrogen and oxygen atoms in total. The highest BCUT2D eigenvalue weighted by atomic mass is 32.2. The first kappa shape index (κ1) is 18.9. The van der Waals surface area contributed by atoms with E-state index in [1.807, 2.05) is 0 Å². The minimum Gasteiger partial charge on any atom is -0.508 e. The molecular formula is C20H18FNO4S. The van der Waals surface area contributed by atoms with Crippen LogP contribution < -0.4 is 9.46 Å². The largest absolute Gasteiger partial charge is 0.508 e. The molecule has 0 aliphatic rings. The molecule has 0 saturated heterocycles. The minimum absolute atomic E-state index is 0.103. The summed E-state index contributed by atoms with van der Waals surface area (Å²) in [6.45, 7) is 0.160. The number of aromatic hydroxyl groups is 1. The Morgan fingerprint density at radius 3 is 2.11 bits per heavy atom. The number of benzene rings is 3. The van der Waals surface area contributed by atoms with Crippen LogP contribution >= 0.6 is 0 Å². The molecule has 0 atom stereocenters. The Morgan fingerprint density at radius 1 is 0.889 bits per heavy atom. The van der Waals surface area contributed by atoms with Crippen molar-refractivity contribution in [1.82, 2.24) is 4.72 Å². The molecule has 2 N–H and O–H groups in total. The van der Waals surface area contributed by atoms with Crippen molar-refractivity contribution < 1.29 is 22.7 Å². The van der Waals surface area contributed by atoms with E-state index in [4.69, 9.17) is 4.74 Å². The molecule has 140 valence electrons. The van der Waals surface area contributed by atoms with Crippen LogP contribution in [-0.4, -0.2) is 20.1 Å². The fourth-order valence-corrected chi connectivity index (χ4v) is 3.48. The van der Waals surface area contributed by atoms with Gasteiger partial charge in [-0.05, 0) is 66.6 Å². The lowest BCUT2D eigenvalue weighted by Gasteiger charge is -2.09. The number of ether oxygens (including phenoxy) is 1. The van der Waals surface area contributed by atoms with Crippen molar-refractivity contribution in [2.24, 2.45) is 0 Å². The molecule has 0 amide bonds. The summed E-state index contributed by atoms with van der Waals surface area (Å²) < 4.78 is 45.7. The van der Waals surface area contributed by atoms with Crippen molar-refractivity contribution in [3.05, 3.63) is 84.2 Å². The third-order valence-electron chi connectivity index (χ3n) is 3.86. The number of phenolic OH excluding ortho intramolecular Hbond substituents is 1. The van der Waals surface area contributed by atoms with E-state index in [0.717, 1.165) is 0 Å². The Balaban J connectivity index is 1.61. The predicted octanol–water partition coefficient (Wildman–Crippen LogP) is 3.84. The summed E-state index contributed by atoms with van der Waals surface area (Å²) >= 11 is 0. The lowest BCUT2D eigenvalue weighted by atomic mass is 10.1. The smallest absolute Gasteiger partial charge is 0.240 e. The molecule has 0 radical (unpaired) electrons. The van der Waals surface area contributed by atoms with Gasteiger partial charge in [0.1, 0.15) is 23.1 Å². The van der Waals surface area contributed by atoms with Gasteiger partial charge in [0.25, 0.3) is 0 Å². The molecule has 0 aliphatic carbocycles. The fourth-order valence-electron chi connectivity index (χ4n) is 2.45. The molecule has 0 heterocycles. The molecule has 7 heteroatoms. The Labute approximate surface area is 157 Å². The number of para-hydroxylation sites is 1. The Kier molecular flexibility index (Phi) is 5.73. The van der Waals surface area contributed by atoms with Gasteiger partial charge in [-0.2, -0.15) is 0 Å². The summed E-state index contributed by atoms with van der Waals surface area (Å²) in [6.07, 6.45) is 0.373. The normalized spacial score (nSPS) is 11.3. The van der Waals surface area contributed by atoms with Crippen molar-refractivity contribution in [3.63, 3.8) is 0 Å². The molecule has 0 unspecified atom stereocenters. The summed E-state index contributed by atoms with van der Waals surface area (Å²) in [5.41, 5.74) is 0.670. The summed E-state index contributed by atoms with van der Waals surface area (Å²) in [6, 6.07) is 18.2. The van der Waals surface area contributed by atoms with Gasteiger partial charge in [0.05, 0.1) is 4.90 Å². The summed E-state index contributed by atoms with van der Waals surface area (Å²) in [4.78, 5) is 0.103. The lowest BCUT2D eigenvalue weighted by Crippen LogP contribution is -2.26. The number of hydrogen-bond acceptors (Lipinski definition) is 4. The van der Waals surface area contributed by atoms with Crippen LogP contribution in [0.5, 0.6) is 17.2 Å². The Bertz CT molecular complexity index is 1000. The molecule has 3 aromatic carbocycles. The van der Waals surface area contributed by atoms with E-state index in [9.17, 15) is 17.9 Å². The van der Waals surface area contributed by atoms with E-state index >= 15 is 0 Å². The summed E-state index contributed by atoms with van der Waals surface area (Å²) in [5.74, 6) is 0.667. The number of nitrogens with one attached hydrogen (secondary N) is 1. The van der Waals surface area contributed by atoms with Crippen LogP contribution in [0.4, 0.5) is 4.39 Å². The van der Waals surface area contributed by atoms with Gasteiger partial charge in [-0.3, -0.25) is 0 Å². The van der Waals surface area contributed by atoms with Crippen LogP contribution in [0.1, 0.15) is 5.56 Å². The van der Waals surface area contributed by atoms with E-state index in [1.54, 1.807) is 24.3 Å². The van der Waals surface area contributed by atoms with E-state index in [1.165, 1.54) is 48.5 Å². The number of halogens is 1. The maximum Gasteiger partial charge on any atom is 0.240 e. The zero-order valence-electron chi connectivity index (χ0n) is 14.3. The average Bonchev–Trinajstić information content (AvgIpc) is 2.66. The minimum atomic E-state index is -3.68. The zero-order valence-corrected chi connectivity index (χ0v) is 15.1. The SMILES string of the molecule is O=S(=O)(NCCc1ccccc1O)c1ccc(Oc2ccc(F)cc2)cc1. The molecule has 0 fully saturated rings. The third kappa shape index (κ3) is 5.06. The Morgan fingerprint density at radius 2 is 1.48 bits per heavy atom. The van der Waals surface area contributed by atoms with Crippen LogP contribution in [0.15, 0.2) is 77.7 Å². The Hall–Kier alpha value is -2.90. The van der Waals surface area contributed by atoms with E-state index in [2.05, 4.69) is 4.72 Å². The van der Waals surface area contributed by atoms with E-state index in [-0.39, 0.29) is 23.0 Å². The van der Waals surface area contributed by atoms with Crippen LogP contribution in [0.2, 0.25) is 0 Å². The maximum absolute atomic E-state index is 12.9. The van der Waals surface area contributed by atoms with Crippen molar-refractivity contribution in [1.29, 1.82) is 0 Å². The summed E-state index contributed by atoms with van der Waals surface area (Å²) in [5, 5.41) is 9.71. The highest BCUT2D eigenvalue weighted by Crippen LogP contribution is 2.23. The van der Waals surface area contributed by atoms with E-state index < -0.39 is 10.0 Å². The number of hydrogen-bond donors (Lipinski definition) is 2. The van der Waals surface area contributed by atoms with Gasteiger partial charge in [-0.15, -0.1) is 0 Å². The van der Waals surface area contributed by atoms with Gasteiger partial charge in [-0.1, -0.05) is 18.2 Å². The van der Waals surface area contributed by atoms with Gasteiger partial charge >= 0.3 is 0 Å². The first-order valence-electron chi connectivity index (χ1n) is 8.24. The monoisotopic (exact) mass is 387 g/mol. The molecule has 0 spiro atoms. The average molecular weight is 387 g/mol. The van der Waals surface area contributed by atoms with Crippen molar-refractivity contribution in [2.75, 3.05) is 6.54 Å². The second kappa shape index (κ2) is 8.20. The molecule has 0 aliphatic heterocycles. The quantitative estimate of drug-likeness (QED) is 0.646. The highest BCUT2D eigenvalue weighted by molar-refractivity contribution is 7.89. The van der Waals surface area contributed by atoms with Crippen LogP contribution in [0.25, 0.3) is 0 Å². The van der Waals surface area contributed by atoms with Crippen LogP contribution in [0, 0.1) is 5.82 Å². The first-order chi connectivity index (χ1) is 12.9. The van der Waals surface area contributed by atoms with Gasteiger partial charge in [0.2, 0.25) is 10.0 Å². The highest BCUT2D eigenvalue weighted by Gasteiger charge is 2.14. The maximum atomic E-state index is 12.9. The first-order valence-corrected chi connectivity index (χ1v) is 9.72. The van der Waals surface area contributed by atoms with Gasteiger partial charge in [0, 0.05) is 6.54 Å². The topological polar surface area (TPSA) is 75.6 Å². The molecular weight excluding hydrogens is 369 g/mol. The van der Waals surface area contributed by atoms with Crippen LogP contribution in [0.3, 0.4) is 0 Å². The molecule has 0 bridgehead atoms. The van der Waals surface area contributed by atoms with Crippen molar-refractivity contribution >= 4 is 10.0 Å². The number of rotatable bonds is 7. The fraction of sp³-hybridized carbons (Fsp3) is 0.100. The molecule has 3 rings (SSSR count). The molecule has 3 aromatic rings. The van der Waals surface area contributed by atoms with E-state index in [0.29, 0.717) is 23.5 Å². The lowest BCUT2D eigenvalue weighted by molar-refractivity contribution is 0.467. The summed E-state index contributed by atoms with van der Waals surface area (Å²) in [7, 11) is -3.68. The number of phenols is 1.